The van der Waals surface area contributed by atoms with Crippen LogP contribution in [0.15, 0.2) is 69.3 Å². The van der Waals surface area contributed by atoms with E-state index in [1.807, 2.05) is 35.7 Å². The number of anilines is 1. The van der Waals surface area contributed by atoms with E-state index in [0.29, 0.717) is 37.6 Å². The normalized spacial score (nSPS) is 19.1. The Morgan fingerprint density at radius 3 is 2.51 bits per heavy atom. The van der Waals surface area contributed by atoms with Crippen molar-refractivity contribution in [3.63, 3.8) is 0 Å². The van der Waals surface area contributed by atoms with Crippen molar-refractivity contribution in [2.45, 2.75) is 10.9 Å². The summed E-state index contributed by atoms with van der Waals surface area (Å²) in [6.07, 6.45) is 0. The lowest BCUT2D eigenvalue weighted by atomic mass is 10.0. The molecule has 8 nitrogen and oxygen atoms in total. The summed E-state index contributed by atoms with van der Waals surface area (Å²) in [5.74, 6) is -0.658. The van der Waals surface area contributed by atoms with Crippen LogP contribution in [0.2, 0.25) is 0 Å². The highest BCUT2D eigenvalue weighted by Crippen LogP contribution is 2.39. The number of amides is 2. The van der Waals surface area contributed by atoms with E-state index in [-0.39, 0.29) is 23.3 Å². The molecule has 5 rings (SSSR count). The van der Waals surface area contributed by atoms with Crippen molar-refractivity contribution in [3.05, 3.63) is 80.5 Å². The van der Waals surface area contributed by atoms with Gasteiger partial charge in [0.15, 0.2) is 0 Å². The van der Waals surface area contributed by atoms with Gasteiger partial charge < -0.3 is 15.0 Å². The van der Waals surface area contributed by atoms with Crippen molar-refractivity contribution in [1.29, 1.82) is 0 Å². The van der Waals surface area contributed by atoms with Crippen molar-refractivity contribution >= 4 is 54.8 Å². The van der Waals surface area contributed by atoms with Crippen LogP contribution >= 0.6 is 27.3 Å². The predicted octanol–water partition coefficient (Wildman–Crippen LogP) is 3.72. The van der Waals surface area contributed by atoms with Gasteiger partial charge in [-0.15, -0.1) is 11.3 Å². The summed E-state index contributed by atoms with van der Waals surface area (Å²) in [6, 6.07) is 14.8. The molecule has 0 spiro atoms. The van der Waals surface area contributed by atoms with Gasteiger partial charge in [-0.2, -0.15) is 4.31 Å². The van der Waals surface area contributed by atoms with E-state index >= 15 is 0 Å². The molecule has 2 aliphatic rings. The van der Waals surface area contributed by atoms with Crippen LogP contribution in [0, 0.1) is 0 Å². The molecule has 1 atom stereocenters. The number of morpholine rings is 1. The van der Waals surface area contributed by atoms with Gasteiger partial charge in [-0.1, -0.05) is 22.0 Å². The molecule has 0 aliphatic carbocycles. The Bertz CT molecular complexity index is 1350. The predicted molar refractivity (Wildman–Crippen MR) is 136 cm³/mol. The lowest BCUT2D eigenvalue weighted by molar-refractivity contribution is -0.117. The van der Waals surface area contributed by atoms with Crippen molar-refractivity contribution < 1.29 is 22.7 Å². The number of sulfonamides is 1. The number of nitrogens with one attached hydrogen (secondary N) is 1. The number of thiophene rings is 1. The van der Waals surface area contributed by atoms with E-state index in [1.165, 1.54) is 44.8 Å². The van der Waals surface area contributed by atoms with Gasteiger partial charge in [-0.05, 0) is 53.9 Å². The van der Waals surface area contributed by atoms with Crippen molar-refractivity contribution in [2.75, 3.05) is 38.2 Å². The average molecular weight is 576 g/mol. The number of halogens is 1. The van der Waals surface area contributed by atoms with E-state index in [1.54, 1.807) is 0 Å². The first-order chi connectivity index (χ1) is 16.8. The quantitative estimate of drug-likeness (QED) is 0.511. The van der Waals surface area contributed by atoms with Gasteiger partial charge in [0.2, 0.25) is 15.9 Å². The summed E-state index contributed by atoms with van der Waals surface area (Å²) in [4.78, 5) is 29.0. The molecule has 1 unspecified atom stereocenters. The van der Waals surface area contributed by atoms with Crippen LogP contribution in [0.4, 0.5) is 5.69 Å². The maximum absolute atomic E-state index is 13.7. The minimum Gasteiger partial charge on any atom is -0.379 e. The number of carbonyl (C=O) groups is 2. The van der Waals surface area contributed by atoms with Gasteiger partial charge in [-0.25, -0.2) is 8.42 Å². The first-order valence-electron chi connectivity index (χ1n) is 11.0. The van der Waals surface area contributed by atoms with Gasteiger partial charge in [0.1, 0.15) is 6.54 Å². The molecule has 1 N–H and O–H groups in total. The molecule has 3 heterocycles. The second kappa shape index (κ2) is 9.82. The van der Waals surface area contributed by atoms with E-state index < -0.39 is 16.1 Å². The minimum atomic E-state index is -3.67. The molecule has 182 valence electrons. The fourth-order valence-electron chi connectivity index (χ4n) is 4.29. The average Bonchev–Trinajstić information content (AvgIpc) is 3.35. The fourth-order valence-corrected chi connectivity index (χ4v) is 6.93. The Labute approximate surface area is 215 Å². The summed E-state index contributed by atoms with van der Waals surface area (Å²) in [7, 11) is -3.67. The van der Waals surface area contributed by atoms with Crippen LogP contribution in [0.1, 0.15) is 26.8 Å². The SMILES string of the molecule is O=C1CN(C(=O)c2ccc(S(=O)(=O)N3CCOCC3)cc2)C(c2cccs2)c2cc(Br)ccc2N1. The number of fused-ring (bicyclic) bond motifs is 1. The Kier molecular flexibility index (Phi) is 6.78. The highest BCUT2D eigenvalue weighted by molar-refractivity contribution is 9.10. The summed E-state index contributed by atoms with van der Waals surface area (Å²) < 4.78 is 33.4. The fraction of sp³-hybridized carbons (Fsp3) is 0.250. The highest BCUT2D eigenvalue weighted by Gasteiger charge is 2.35. The molecular weight excluding hydrogens is 554 g/mol. The summed E-state index contributed by atoms with van der Waals surface area (Å²) >= 11 is 5.01. The van der Waals surface area contributed by atoms with Gasteiger partial charge in [0.05, 0.1) is 24.2 Å². The molecule has 0 bridgehead atoms. The molecule has 2 aliphatic heterocycles. The van der Waals surface area contributed by atoms with Crippen molar-refractivity contribution in [1.82, 2.24) is 9.21 Å². The van der Waals surface area contributed by atoms with Crippen LogP contribution in [0.3, 0.4) is 0 Å². The van der Waals surface area contributed by atoms with Gasteiger partial charge in [0.25, 0.3) is 5.91 Å². The molecule has 0 saturated carbocycles. The standard InChI is InChI=1S/C24H22BrN3O5S2/c25-17-5-8-20-19(14-17)23(21-2-1-13-34-21)28(15-22(29)26-20)24(30)16-3-6-18(7-4-16)35(31,32)27-9-11-33-12-10-27/h1-8,13-14,23H,9-12,15H2,(H,26,29). The third kappa shape index (κ3) is 4.78. The maximum Gasteiger partial charge on any atom is 0.255 e. The maximum atomic E-state index is 13.7. The minimum absolute atomic E-state index is 0.119. The third-order valence-electron chi connectivity index (χ3n) is 5.99. The zero-order chi connectivity index (χ0) is 24.6. The lowest BCUT2D eigenvalue weighted by Crippen LogP contribution is -2.40. The first kappa shape index (κ1) is 24.1. The molecule has 2 aromatic carbocycles. The Hall–Kier alpha value is -2.57. The Morgan fingerprint density at radius 2 is 1.83 bits per heavy atom. The molecule has 0 radical (unpaired) electrons. The number of benzene rings is 2. The number of ether oxygens (including phenoxy) is 1. The van der Waals surface area contributed by atoms with Crippen LogP contribution in [-0.4, -0.2) is 62.3 Å². The molecule has 11 heteroatoms. The van der Waals surface area contributed by atoms with Gasteiger partial charge >= 0.3 is 0 Å². The largest absolute Gasteiger partial charge is 0.379 e. The molecule has 1 aromatic heterocycles. The number of nitrogens with zero attached hydrogens (tertiary/aromatic N) is 2. The smallest absolute Gasteiger partial charge is 0.255 e. The monoisotopic (exact) mass is 575 g/mol. The first-order valence-corrected chi connectivity index (χ1v) is 14.1. The van der Waals surface area contributed by atoms with Gasteiger partial charge in [-0.3, -0.25) is 9.59 Å². The van der Waals surface area contributed by atoms with Crippen LogP contribution in [0.5, 0.6) is 0 Å². The van der Waals surface area contributed by atoms with E-state index in [9.17, 15) is 18.0 Å². The third-order valence-corrected chi connectivity index (χ3v) is 9.32. The molecule has 2 amide bonds. The lowest BCUT2D eigenvalue weighted by Gasteiger charge is -2.30. The van der Waals surface area contributed by atoms with Crippen molar-refractivity contribution in [2.24, 2.45) is 0 Å². The molecule has 1 saturated heterocycles. The van der Waals surface area contributed by atoms with Gasteiger partial charge in [0, 0.05) is 39.3 Å². The number of rotatable bonds is 4. The second-order valence-electron chi connectivity index (χ2n) is 8.17. The summed E-state index contributed by atoms with van der Waals surface area (Å²) in [5, 5.41) is 4.83. The number of carbonyl (C=O) groups excluding carboxylic acids is 2. The van der Waals surface area contributed by atoms with Crippen molar-refractivity contribution in [3.8, 4) is 0 Å². The molecule has 35 heavy (non-hydrogen) atoms. The van der Waals surface area contributed by atoms with E-state index in [0.717, 1.165) is 14.9 Å². The zero-order valence-corrected chi connectivity index (χ0v) is 21.7. The molecule has 1 fully saturated rings. The van der Waals surface area contributed by atoms with Crippen LogP contribution < -0.4 is 5.32 Å². The zero-order valence-electron chi connectivity index (χ0n) is 18.5. The summed E-state index contributed by atoms with van der Waals surface area (Å²) in [5.41, 5.74) is 1.75. The summed E-state index contributed by atoms with van der Waals surface area (Å²) in [6.45, 7) is 1.16. The van der Waals surface area contributed by atoms with Crippen LogP contribution in [0.25, 0.3) is 0 Å². The Balaban J connectivity index is 1.50. The molecule has 3 aromatic rings. The van der Waals surface area contributed by atoms with E-state index in [2.05, 4.69) is 21.2 Å². The molecular formula is C24H22BrN3O5S2. The Morgan fingerprint density at radius 1 is 1.09 bits per heavy atom. The van der Waals surface area contributed by atoms with Crippen LogP contribution in [-0.2, 0) is 19.6 Å². The van der Waals surface area contributed by atoms with E-state index in [4.69, 9.17) is 4.74 Å². The second-order valence-corrected chi connectivity index (χ2v) is 12.0. The number of hydrogen-bond acceptors (Lipinski definition) is 6. The topological polar surface area (TPSA) is 96.0 Å². The highest BCUT2D eigenvalue weighted by atomic mass is 79.9. The number of hydrogen-bond donors (Lipinski definition) is 1.